The molecule has 2 unspecified atom stereocenters. The third-order valence-corrected chi connectivity index (χ3v) is 4.92. The Bertz CT molecular complexity index is 399. The fraction of sp³-hybridized carbons (Fsp3) is 0.571. The molecule has 0 saturated heterocycles. The molecule has 1 N–H and O–H groups in total. The van der Waals surface area contributed by atoms with Crippen LogP contribution in [0.3, 0.4) is 0 Å². The molecule has 1 aliphatic rings. The van der Waals surface area contributed by atoms with E-state index < -0.39 is 0 Å². The van der Waals surface area contributed by atoms with Crippen molar-refractivity contribution in [1.29, 1.82) is 0 Å². The molecule has 0 spiro atoms. The van der Waals surface area contributed by atoms with Crippen LogP contribution < -0.4 is 5.32 Å². The highest BCUT2D eigenvalue weighted by Gasteiger charge is 2.20. The van der Waals surface area contributed by atoms with Crippen LogP contribution in [-0.4, -0.2) is 17.5 Å². The van der Waals surface area contributed by atoms with Crippen LogP contribution in [0, 0.1) is 5.82 Å². The molecule has 0 aliphatic heterocycles. The van der Waals surface area contributed by atoms with E-state index in [2.05, 4.69) is 11.6 Å². The number of hydrogen-bond acceptors (Lipinski definition) is 2. The van der Waals surface area contributed by atoms with Gasteiger partial charge in [-0.15, -0.1) is 0 Å². The summed E-state index contributed by atoms with van der Waals surface area (Å²) in [6.45, 7) is 0.770. The van der Waals surface area contributed by atoms with Crippen LogP contribution in [0.4, 0.5) is 4.39 Å². The van der Waals surface area contributed by atoms with Gasteiger partial charge in [0.05, 0.1) is 5.02 Å². The zero-order valence-corrected chi connectivity index (χ0v) is 12.2. The van der Waals surface area contributed by atoms with Crippen molar-refractivity contribution >= 4 is 23.4 Å². The van der Waals surface area contributed by atoms with Crippen molar-refractivity contribution in [3.05, 3.63) is 34.6 Å². The summed E-state index contributed by atoms with van der Waals surface area (Å²) >= 11 is 7.74. The molecule has 0 heterocycles. The first-order chi connectivity index (χ1) is 8.69. The van der Waals surface area contributed by atoms with Gasteiger partial charge in [-0.2, -0.15) is 11.8 Å². The Labute approximate surface area is 117 Å². The molecular formula is C14H19ClFNS. The number of hydrogen-bond donors (Lipinski definition) is 1. The summed E-state index contributed by atoms with van der Waals surface area (Å²) in [5, 5.41) is 4.55. The molecule has 0 bridgehead atoms. The largest absolute Gasteiger partial charge is 0.310 e. The molecular weight excluding hydrogens is 269 g/mol. The van der Waals surface area contributed by atoms with Gasteiger partial charge in [0.2, 0.25) is 0 Å². The summed E-state index contributed by atoms with van der Waals surface area (Å²) < 4.78 is 13.0. The third kappa shape index (κ3) is 3.87. The van der Waals surface area contributed by atoms with Crippen molar-refractivity contribution in [3.8, 4) is 0 Å². The van der Waals surface area contributed by atoms with E-state index in [0.29, 0.717) is 6.04 Å². The van der Waals surface area contributed by atoms with Crippen LogP contribution >= 0.6 is 23.4 Å². The Morgan fingerprint density at radius 2 is 2.28 bits per heavy atom. The van der Waals surface area contributed by atoms with Gasteiger partial charge in [-0.25, -0.2) is 4.39 Å². The average Bonchev–Trinajstić information content (AvgIpc) is 2.40. The summed E-state index contributed by atoms with van der Waals surface area (Å²) in [6.07, 6.45) is 7.30. The van der Waals surface area contributed by atoms with Crippen LogP contribution in [-0.2, 0) is 6.54 Å². The maximum absolute atomic E-state index is 13.0. The second kappa shape index (κ2) is 6.78. The highest BCUT2D eigenvalue weighted by Crippen LogP contribution is 2.27. The number of nitrogens with one attached hydrogen (secondary N) is 1. The first kappa shape index (κ1) is 14.2. The normalized spacial score (nSPS) is 24.2. The zero-order valence-electron chi connectivity index (χ0n) is 10.6. The number of halogens is 2. The van der Waals surface area contributed by atoms with Gasteiger partial charge in [-0.3, -0.25) is 0 Å². The van der Waals surface area contributed by atoms with Crippen molar-refractivity contribution in [2.45, 2.75) is 43.5 Å². The molecule has 1 fully saturated rings. The molecule has 2 atom stereocenters. The van der Waals surface area contributed by atoms with E-state index in [1.165, 1.54) is 31.7 Å². The lowest BCUT2D eigenvalue weighted by Gasteiger charge is -2.28. The number of rotatable bonds is 4. The highest BCUT2D eigenvalue weighted by atomic mass is 35.5. The molecule has 1 saturated carbocycles. The van der Waals surface area contributed by atoms with E-state index in [1.54, 1.807) is 12.1 Å². The quantitative estimate of drug-likeness (QED) is 0.889. The van der Waals surface area contributed by atoms with Crippen molar-refractivity contribution in [2.24, 2.45) is 0 Å². The second-order valence-corrected chi connectivity index (χ2v) is 6.40. The van der Waals surface area contributed by atoms with E-state index >= 15 is 0 Å². The maximum atomic E-state index is 13.0. The molecule has 1 aliphatic carbocycles. The molecule has 0 radical (unpaired) electrons. The standard InChI is InChI=1S/C14H19ClFNS/c1-18-12-4-2-3-11(8-12)17-9-10-5-6-14(16)13(15)7-10/h5-7,11-12,17H,2-4,8-9H2,1H3. The van der Waals surface area contributed by atoms with Crippen molar-refractivity contribution in [1.82, 2.24) is 5.32 Å². The van der Waals surface area contributed by atoms with Crippen LogP contribution in [0.15, 0.2) is 18.2 Å². The number of thioether (sulfide) groups is 1. The summed E-state index contributed by atoms with van der Waals surface area (Å²) in [4.78, 5) is 0. The minimum atomic E-state index is -0.347. The Hall–Kier alpha value is -0.250. The predicted molar refractivity (Wildman–Crippen MR) is 77.8 cm³/mol. The molecule has 0 amide bonds. The second-order valence-electron chi connectivity index (χ2n) is 4.85. The Morgan fingerprint density at radius 1 is 1.44 bits per heavy atom. The highest BCUT2D eigenvalue weighted by molar-refractivity contribution is 7.99. The Balaban J connectivity index is 1.85. The van der Waals surface area contributed by atoms with E-state index in [4.69, 9.17) is 11.6 Å². The van der Waals surface area contributed by atoms with Crippen molar-refractivity contribution in [3.63, 3.8) is 0 Å². The zero-order chi connectivity index (χ0) is 13.0. The summed E-state index contributed by atoms with van der Waals surface area (Å²) in [5.74, 6) is -0.347. The first-order valence-corrected chi connectivity index (χ1v) is 8.05. The average molecular weight is 288 g/mol. The summed E-state index contributed by atoms with van der Waals surface area (Å²) in [7, 11) is 0. The van der Waals surface area contributed by atoms with Gasteiger partial charge in [0.1, 0.15) is 5.82 Å². The van der Waals surface area contributed by atoms with Crippen LogP contribution in [0.1, 0.15) is 31.2 Å². The molecule has 18 heavy (non-hydrogen) atoms. The third-order valence-electron chi connectivity index (χ3n) is 3.54. The van der Waals surface area contributed by atoms with Gasteiger partial charge in [-0.1, -0.05) is 24.1 Å². The lowest BCUT2D eigenvalue weighted by molar-refractivity contribution is 0.380. The lowest BCUT2D eigenvalue weighted by atomic mass is 9.95. The smallest absolute Gasteiger partial charge is 0.141 e. The fourth-order valence-electron chi connectivity index (χ4n) is 2.46. The van der Waals surface area contributed by atoms with Crippen molar-refractivity contribution in [2.75, 3.05) is 6.26 Å². The lowest BCUT2D eigenvalue weighted by Crippen LogP contribution is -2.34. The Morgan fingerprint density at radius 3 is 3.00 bits per heavy atom. The predicted octanol–water partition coefficient (Wildman–Crippen LogP) is 4.24. The van der Waals surface area contributed by atoms with Gasteiger partial charge in [0, 0.05) is 17.8 Å². The van der Waals surface area contributed by atoms with E-state index in [0.717, 1.165) is 17.4 Å². The van der Waals surface area contributed by atoms with Gasteiger partial charge in [-0.05, 0) is 43.2 Å². The Kier molecular flexibility index (Phi) is 5.34. The van der Waals surface area contributed by atoms with E-state index in [1.807, 2.05) is 11.8 Å². The molecule has 1 aromatic rings. The van der Waals surface area contributed by atoms with Gasteiger partial charge >= 0.3 is 0 Å². The first-order valence-electron chi connectivity index (χ1n) is 6.39. The fourth-order valence-corrected chi connectivity index (χ4v) is 3.49. The maximum Gasteiger partial charge on any atom is 0.141 e. The minimum absolute atomic E-state index is 0.208. The topological polar surface area (TPSA) is 12.0 Å². The monoisotopic (exact) mass is 287 g/mol. The van der Waals surface area contributed by atoms with Crippen LogP contribution in [0.5, 0.6) is 0 Å². The molecule has 1 aromatic carbocycles. The molecule has 1 nitrogen and oxygen atoms in total. The van der Waals surface area contributed by atoms with Crippen LogP contribution in [0.2, 0.25) is 5.02 Å². The van der Waals surface area contributed by atoms with Crippen molar-refractivity contribution < 1.29 is 4.39 Å². The van der Waals surface area contributed by atoms with E-state index in [9.17, 15) is 4.39 Å². The molecule has 2 rings (SSSR count). The minimum Gasteiger partial charge on any atom is -0.310 e. The molecule has 4 heteroatoms. The number of benzene rings is 1. The molecule has 0 aromatic heterocycles. The van der Waals surface area contributed by atoms with Gasteiger partial charge in [0.25, 0.3) is 0 Å². The SMILES string of the molecule is CSC1CCCC(NCc2ccc(F)c(Cl)c2)C1. The van der Waals surface area contributed by atoms with Gasteiger partial charge in [0.15, 0.2) is 0 Å². The van der Waals surface area contributed by atoms with Crippen LogP contribution in [0.25, 0.3) is 0 Å². The summed E-state index contributed by atoms with van der Waals surface area (Å²) in [6, 6.07) is 5.52. The molecule has 100 valence electrons. The van der Waals surface area contributed by atoms with E-state index in [-0.39, 0.29) is 10.8 Å². The van der Waals surface area contributed by atoms with Gasteiger partial charge < -0.3 is 5.32 Å². The summed E-state index contributed by atoms with van der Waals surface area (Å²) in [5.41, 5.74) is 1.05.